The third-order valence-corrected chi connectivity index (χ3v) is 3.91. The summed E-state index contributed by atoms with van der Waals surface area (Å²) in [6.45, 7) is 1.25. The summed E-state index contributed by atoms with van der Waals surface area (Å²) in [6.07, 6.45) is 0. The van der Waals surface area contributed by atoms with Crippen LogP contribution in [0.5, 0.6) is 5.75 Å². The molecule has 0 saturated heterocycles. The van der Waals surface area contributed by atoms with Gasteiger partial charge in [0.25, 0.3) is 0 Å². The van der Waals surface area contributed by atoms with E-state index in [9.17, 15) is 4.79 Å². The first kappa shape index (κ1) is 19.1. The number of ether oxygens (including phenoxy) is 1. The van der Waals surface area contributed by atoms with Gasteiger partial charge >= 0.3 is 0 Å². The van der Waals surface area contributed by atoms with Gasteiger partial charge in [0, 0.05) is 17.3 Å². The van der Waals surface area contributed by atoms with E-state index in [1.54, 1.807) is 42.5 Å². The van der Waals surface area contributed by atoms with Crippen molar-refractivity contribution in [2.24, 2.45) is 0 Å². The van der Waals surface area contributed by atoms with Gasteiger partial charge in [0.05, 0.1) is 17.1 Å². The molecule has 0 spiro atoms. The molecule has 0 aliphatic rings. The van der Waals surface area contributed by atoms with Crippen molar-refractivity contribution in [1.29, 1.82) is 5.26 Å². The van der Waals surface area contributed by atoms with E-state index in [1.807, 2.05) is 18.0 Å². The van der Waals surface area contributed by atoms with Gasteiger partial charge in [0.1, 0.15) is 18.4 Å². The molecule has 2 aromatic rings. The first-order chi connectivity index (χ1) is 12.0. The molecule has 1 amide bonds. The number of carbonyl (C=O) groups excluding carboxylic acids is 1. The van der Waals surface area contributed by atoms with Crippen molar-refractivity contribution < 1.29 is 9.53 Å². The Labute approximate surface area is 156 Å². The fourth-order valence-electron chi connectivity index (χ4n) is 2.06. The first-order valence-corrected chi connectivity index (χ1v) is 8.30. The summed E-state index contributed by atoms with van der Waals surface area (Å²) in [7, 11) is 1.83. The Balaban J connectivity index is 1.75. The Bertz CT molecular complexity index is 773. The zero-order chi connectivity index (χ0) is 18.2. The van der Waals surface area contributed by atoms with Gasteiger partial charge in [-0.3, -0.25) is 9.69 Å². The molecule has 5 nitrogen and oxygen atoms in total. The number of halogens is 2. The van der Waals surface area contributed by atoms with Gasteiger partial charge in [-0.15, -0.1) is 0 Å². The maximum absolute atomic E-state index is 12.0. The van der Waals surface area contributed by atoms with Crippen molar-refractivity contribution in [3.63, 3.8) is 0 Å². The van der Waals surface area contributed by atoms with Crippen LogP contribution in [-0.2, 0) is 4.79 Å². The maximum Gasteiger partial charge on any atom is 0.238 e. The van der Waals surface area contributed by atoms with E-state index in [-0.39, 0.29) is 12.5 Å². The molecule has 0 unspecified atom stereocenters. The van der Waals surface area contributed by atoms with Gasteiger partial charge in [-0.1, -0.05) is 23.2 Å². The molecule has 7 heteroatoms. The zero-order valence-electron chi connectivity index (χ0n) is 13.6. The molecular formula is C18H17Cl2N3O2. The van der Waals surface area contributed by atoms with E-state index in [4.69, 9.17) is 33.2 Å². The summed E-state index contributed by atoms with van der Waals surface area (Å²) in [4.78, 5) is 13.9. The van der Waals surface area contributed by atoms with Gasteiger partial charge in [0.2, 0.25) is 5.91 Å². The Morgan fingerprint density at radius 2 is 1.96 bits per heavy atom. The van der Waals surface area contributed by atoms with E-state index >= 15 is 0 Å². The Hall–Kier alpha value is -2.26. The molecule has 0 aromatic heterocycles. The summed E-state index contributed by atoms with van der Waals surface area (Å²) < 4.78 is 5.59. The molecule has 25 heavy (non-hydrogen) atoms. The number of hydrogen-bond acceptors (Lipinski definition) is 4. The summed E-state index contributed by atoms with van der Waals surface area (Å²) >= 11 is 11.8. The average molecular weight is 378 g/mol. The standard InChI is InChI=1S/C18H17Cl2N3O2/c1-23(8-9-25-16-6-3-14(19)4-7-16)12-18(24)22-15-5-2-13(11-21)17(20)10-15/h2-7,10H,8-9,12H2,1H3,(H,22,24). The van der Waals surface area contributed by atoms with Crippen LogP contribution < -0.4 is 10.1 Å². The van der Waals surface area contributed by atoms with Crippen molar-refractivity contribution in [3.05, 3.63) is 58.1 Å². The second-order valence-electron chi connectivity index (χ2n) is 5.39. The van der Waals surface area contributed by atoms with Crippen LogP contribution >= 0.6 is 23.2 Å². The number of benzene rings is 2. The minimum Gasteiger partial charge on any atom is -0.492 e. The van der Waals surface area contributed by atoms with E-state index in [0.717, 1.165) is 5.75 Å². The molecule has 0 radical (unpaired) electrons. The van der Waals surface area contributed by atoms with Crippen molar-refractivity contribution in [3.8, 4) is 11.8 Å². The van der Waals surface area contributed by atoms with Crippen LogP contribution in [0.1, 0.15) is 5.56 Å². The Kier molecular flexibility index (Phi) is 7.08. The number of hydrogen-bond donors (Lipinski definition) is 1. The third-order valence-electron chi connectivity index (χ3n) is 3.34. The number of nitriles is 1. The molecule has 2 aromatic carbocycles. The van der Waals surface area contributed by atoms with Crippen molar-refractivity contribution >= 4 is 34.8 Å². The summed E-state index contributed by atoms with van der Waals surface area (Å²) in [5, 5.41) is 12.6. The fraction of sp³-hybridized carbons (Fsp3) is 0.222. The predicted octanol–water partition coefficient (Wildman–Crippen LogP) is 3.81. The number of amides is 1. The zero-order valence-corrected chi connectivity index (χ0v) is 15.1. The summed E-state index contributed by atoms with van der Waals surface area (Å²) in [5.74, 6) is 0.559. The van der Waals surface area contributed by atoms with Crippen LogP contribution in [0.4, 0.5) is 5.69 Å². The molecule has 0 saturated carbocycles. The van der Waals surface area contributed by atoms with E-state index in [0.29, 0.717) is 34.4 Å². The number of nitrogens with one attached hydrogen (secondary N) is 1. The Morgan fingerprint density at radius 3 is 2.60 bits per heavy atom. The monoisotopic (exact) mass is 377 g/mol. The SMILES string of the molecule is CN(CCOc1ccc(Cl)cc1)CC(=O)Nc1ccc(C#N)c(Cl)c1. The predicted molar refractivity (Wildman–Crippen MR) is 99.2 cm³/mol. The number of carbonyl (C=O) groups is 1. The van der Waals surface area contributed by atoms with E-state index < -0.39 is 0 Å². The van der Waals surface area contributed by atoms with Gasteiger partial charge in [-0.05, 0) is 49.5 Å². The number of rotatable bonds is 7. The van der Waals surface area contributed by atoms with Crippen LogP contribution in [0.25, 0.3) is 0 Å². The lowest BCUT2D eigenvalue weighted by Gasteiger charge is -2.16. The lowest BCUT2D eigenvalue weighted by atomic mass is 10.2. The van der Waals surface area contributed by atoms with Crippen LogP contribution in [0.15, 0.2) is 42.5 Å². The molecular weight excluding hydrogens is 361 g/mol. The van der Waals surface area contributed by atoms with Crippen molar-refractivity contribution in [2.75, 3.05) is 32.1 Å². The van der Waals surface area contributed by atoms with Crippen LogP contribution in [0, 0.1) is 11.3 Å². The number of likely N-dealkylation sites (N-methyl/N-ethyl adjacent to an activating group) is 1. The molecule has 0 atom stereocenters. The molecule has 130 valence electrons. The van der Waals surface area contributed by atoms with Gasteiger partial charge in [-0.2, -0.15) is 5.26 Å². The molecule has 0 heterocycles. The van der Waals surface area contributed by atoms with Crippen LogP contribution in [0.3, 0.4) is 0 Å². The highest BCUT2D eigenvalue weighted by atomic mass is 35.5. The highest BCUT2D eigenvalue weighted by Gasteiger charge is 2.08. The second-order valence-corrected chi connectivity index (χ2v) is 6.24. The quantitative estimate of drug-likeness (QED) is 0.796. The van der Waals surface area contributed by atoms with E-state index in [2.05, 4.69) is 5.32 Å². The molecule has 1 N–H and O–H groups in total. The molecule has 0 fully saturated rings. The largest absolute Gasteiger partial charge is 0.492 e. The summed E-state index contributed by atoms with van der Waals surface area (Å²) in [6, 6.07) is 13.9. The number of nitrogens with zero attached hydrogens (tertiary/aromatic N) is 2. The molecule has 0 aliphatic heterocycles. The lowest BCUT2D eigenvalue weighted by molar-refractivity contribution is -0.117. The van der Waals surface area contributed by atoms with Gasteiger partial charge in [0.15, 0.2) is 0 Å². The van der Waals surface area contributed by atoms with Crippen molar-refractivity contribution in [1.82, 2.24) is 4.90 Å². The highest BCUT2D eigenvalue weighted by Crippen LogP contribution is 2.20. The molecule has 0 bridgehead atoms. The first-order valence-electron chi connectivity index (χ1n) is 7.54. The highest BCUT2D eigenvalue weighted by molar-refractivity contribution is 6.32. The Morgan fingerprint density at radius 1 is 1.24 bits per heavy atom. The average Bonchev–Trinajstić information content (AvgIpc) is 2.56. The van der Waals surface area contributed by atoms with E-state index in [1.165, 1.54) is 0 Å². The smallest absolute Gasteiger partial charge is 0.238 e. The van der Waals surface area contributed by atoms with Crippen LogP contribution in [-0.4, -0.2) is 37.6 Å². The van der Waals surface area contributed by atoms with Crippen molar-refractivity contribution in [2.45, 2.75) is 0 Å². The number of anilines is 1. The minimum atomic E-state index is -0.172. The molecule has 0 aliphatic carbocycles. The lowest BCUT2D eigenvalue weighted by Crippen LogP contribution is -2.33. The van der Waals surface area contributed by atoms with Gasteiger partial charge < -0.3 is 10.1 Å². The van der Waals surface area contributed by atoms with Crippen LogP contribution in [0.2, 0.25) is 10.0 Å². The summed E-state index contributed by atoms with van der Waals surface area (Å²) in [5.41, 5.74) is 0.927. The third kappa shape index (κ3) is 6.28. The molecule has 2 rings (SSSR count). The fourth-order valence-corrected chi connectivity index (χ4v) is 2.41. The maximum atomic E-state index is 12.0. The second kappa shape index (κ2) is 9.28. The van der Waals surface area contributed by atoms with Gasteiger partial charge in [-0.25, -0.2) is 0 Å². The minimum absolute atomic E-state index is 0.172. The normalized spacial score (nSPS) is 10.4. The topological polar surface area (TPSA) is 65.4 Å².